The highest BCUT2D eigenvalue weighted by atomic mass is 16.1. The number of ketones is 1. The molecular weight excluding hydrogens is 178 g/mol. The highest BCUT2D eigenvalue weighted by molar-refractivity contribution is 5.97. The van der Waals surface area contributed by atoms with Crippen molar-refractivity contribution in [3.8, 4) is 0 Å². The lowest BCUT2D eigenvalue weighted by molar-refractivity contribution is 0.0939. The molecule has 0 aromatic carbocycles. The van der Waals surface area contributed by atoms with Gasteiger partial charge in [-0.2, -0.15) is 5.10 Å². The molecule has 0 spiro atoms. The number of hydrogen-bond acceptors (Lipinski definition) is 4. The molecule has 0 aliphatic rings. The zero-order valence-corrected chi connectivity index (χ0v) is 8.32. The standard InChI is InChI=1S/C10H13N3O/c1-7(2)10(14)8-4-5-9(12-6-8)13-11-3/h4-7H,3H2,1-2H3,(H,12,13). The lowest BCUT2D eigenvalue weighted by atomic mass is 10.0. The van der Waals surface area contributed by atoms with E-state index in [2.05, 4.69) is 22.2 Å². The fraction of sp³-hybridized carbons (Fsp3) is 0.300. The average Bonchev–Trinajstić information content (AvgIpc) is 2.18. The molecule has 0 saturated carbocycles. The van der Waals surface area contributed by atoms with Crippen molar-refractivity contribution in [1.82, 2.24) is 4.98 Å². The van der Waals surface area contributed by atoms with Crippen molar-refractivity contribution in [2.75, 3.05) is 5.43 Å². The maximum atomic E-state index is 11.5. The Bertz CT molecular complexity index is 330. The molecule has 0 bridgehead atoms. The monoisotopic (exact) mass is 191 g/mol. The van der Waals surface area contributed by atoms with E-state index in [1.54, 1.807) is 12.1 Å². The molecule has 14 heavy (non-hydrogen) atoms. The van der Waals surface area contributed by atoms with E-state index in [9.17, 15) is 4.79 Å². The van der Waals surface area contributed by atoms with Gasteiger partial charge in [0.1, 0.15) is 5.82 Å². The van der Waals surface area contributed by atoms with Gasteiger partial charge in [-0.1, -0.05) is 13.8 Å². The summed E-state index contributed by atoms with van der Waals surface area (Å²) in [6, 6.07) is 3.42. The summed E-state index contributed by atoms with van der Waals surface area (Å²) in [5.41, 5.74) is 3.21. The van der Waals surface area contributed by atoms with Gasteiger partial charge in [-0.05, 0) is 12.1 Å². The summed E-state index contributed by atoms with van der Waals surface area (Å²) in [7, 11) is 0. The van der Waals surface area contributed by atoms with Crippen molar-refractivity contribution in [3.05, 3.63) is 23.9 Å². The number of pyridine rings is 1. The summed E-state index contributed by atoms with van der Waals surface area (Å²) < 4.78 is 0. The van der Waals surface area contributed by atoms with Crippen LogP contribution >= 0.6 is 0 Å². The molecule has 0 unspecified atom stereocenters. The van der Waals surface area contributed by atoms with Gasteiger partial charge in [0.2, 0.25) is 0 Å². The summed E-state index contributed by atoms with van der Waals surface area (Å²) in [6.07, 6.45) is 1.54. The van der Waals surface area contributed by atoms with Gasteiger partial charge in [-0.25, -0.2) is 4.98 Å². The van der Waals surface area contributed by atoms with Crippen LogP contribution in [0.1, 0.15) is 24.2 Å². The highest BCUT2D eigenvalue weighted by Crippen LogP contribution is 2.09. The molecule has 0 aliphatic carbocycles. The number of anilines is 1. The first-order chi connectivity index (χ1) is 6.65. The Morgan fingerprint density at radius 2 is 2.29 bits per heavy atom. The Hall–Kier alpha value is -1.71. The fourth-order valence-corrected chi connectivity index (χ4v) is 1.02. The van der Waals surface area contributed by atoms with Crippen LogP contribution in [0.4, 0.5) is 5.82 Å². The normalized spacial score (nSPS) is 9.93. The first kappa shape index (κ1) is 10.4. The van der Waals surface area contributed by atoms with E-state index in [4.69, 9.17) is 0 Å². The fourth-order valence-electron chi connectivity index (χ4n) is 1.02. The zero-order valence-electron chi connectivity index (χ0n) is 8.32. The second kappa shape index (κ2) is 4.50. The number of rotatable bonds is 4. The third kappa shape index (κ3) is 2.39. The van der Waals surface area contributed by atoms with E-state index in [0.29, 0.717) is 11.4 Å². The first-order valence-corrected chi connectivity index (χ1v) is 4.37. The Morgan fingerprint density at radius 3 is 2.71 bits per heavy atom. The second-order valence-electron chi connectivity index (χ2n) is 3.22. The van der Waals surface area contributed by atoms with Gasteiger partial charge in [-0.15, -0.1) is 0 Å². The van der Waals surface area contributed by atoms with Crippen LogP contribution in [0.15, 0.2) is 23.4 Å². The molecule has 4 heteroatoms. The van der Waals surface area contributed by atoms with Gasteiger partial charge in [0, 0.05) is 24.4 Å². The van der Waals surface area contributed by atoms with Crippen LogP contribution in [0, 0.1) is 5.92 Å². The van der Waals surface area contributed by atoms with Crippen molar-refractivity contribution in [1.29, 1.82) is 0 Å². The minimum absolute atomic E-state index is 0.00635. The molecule has 1 aromatic heterocycles. The molecule has 74 valence electrons. The molecule has 0 fully saturated rings. The number of nitrogens with zero attached hydrogens (tertiary/aromatic N) is 2. The summed E-state index contributed by atoms with van der Waals surface area (Å²) >= 11 is 0. The topological polar surface area (TPSA) is 54.4 Å². The molecule has 0 amide bonds. The van der Waals surface area contributed by atoms with Gasteiger partial charge in [-0.3, -0.25) is 10.2 Å². The number of hydrazone groups is 1. The van der Waals surface area contributed by atoms with Gasteiger partial charge < -0.3 is 0 Å². The Morgan fingerprint density at radius 1 is 1.57 bits per heavy atom. The summed E-state index contributed by atoms with van der Waals surface area (Å²) in [6.45, 7) is 7.00. The van der Waals surface area contributed by atoms with E-state index in [-0.39, 0.29) is 11.7 Å². The number of aromatic nitrogens is 1. The molecule has 1 aromatic rings. The predicted molar refractivity (Wildman–Crippen MR) is 56.6 cm³/mol. The van der Waals surface area contributed by atoms with Crippen molar-refractivity contribution in [2.45, 2.75) is 13.8 Å². The first-order valence-electron chi connectivity index (χ1n) is 4.37. The summed E-state index contributed by atoms with van der Waals surface area (Å²) in [4.78, 5) is 15.5. The van der Waals surface area contributed by atoms with E-state index in [0.717, 1.165) is 0 Å². The maximum absolute atomic E-state index is 11.5. The summed E-state index contributed by atoms with van der Waals surface area (Å²) in [5.74, 6) is 0.670. The molecule has 0 aliphatic heterocycles. The number of carbonyl (C=O) groups is 1. The molecule has 0 radical (unpaired) electrons. The SMILES string of the molecule is C=NNc1ccc(C(=O)C(C)C)cn1. The summed E-state index contributed by atoms with van der Waals surface area (Å²) in [5, 5.41) is 3.47. The van der Waals surface area contributed by atoms with Crippen LogP contribution in [-0.4, -0.2) is 17.5 Å². The molecule has 0 saturated heterocycles. The molecule has 4 nitrogen and oxygen atoms in total. The Balaban J connectivity index is 2.82. The number of Topliss-reactive ketones (excluding diaryl/α,β-unsaturated/α-hetero) is 1. The molecule has 1 rings (SSSR count). The smallest absolute Gasteiger partial charge is 0.166 e. The van der Waals surface area contributed by atoms with Crippen LogP contribution in [0.2, 0.25) is 0 Å². The quantitative estimate of drug-likeness (QED) is 0.449. The average molecular weight is 191 g/mol. The zero-order chi connectivity index (χ0) is 10.6. The van der Waals surface area contributed by atoms with Crippen LogP contribution in [0.25, 0.3) is 0 Å². The number of nitrogens with one attached hydrogen (secondary N) is 1. The van der Waals surface area contributed by atoms with Crippen molar-refractivity contribution >= 4 is 18.3 Å². The van der Waals surface area contributed by atoms with Crippen LogP contribution in [-0.2, 0) is 0 Å². The van der Waals surface area contributed by atoms with Crippen LogP contribution in [0.5, 0.6) is 0 Å². The minimum Gasteiger partial charge on any atom is -0.294 e. The minimum atomic E-state index is -0.00635. The third-order valence-corrected chi connectivity index (χ3v) is 1.77. The van der Waals surface area contributed by atoms with E-state index < -0.39 is 0 Å². The molecular formula is C10H13N3O. The van der Waals surface area contributed by atoms with E-state index in [1.165, 1.54) is 6.20 Å². The Kier molecular flexibility index (Phi) is 3.34. The molecule has 0 atom stereocenters. The number of hydrogen-bond donors (Lipinski definition) is 1. The van der Waals surface area contributed by atoms with Gasteiger partial charge in [0.15, 0.2) is 5.78 Å². The second-order valence-corrected chi connectivity index (χ2v) is 3.22. The van der Waals surface area contributed by atoms with Crippen molar-refractivity contribution < 1.29 is 4.79 Å². The van der Waals surface area contributed by atoms with Gasteiger partial charge in [0.25, 0.3) is 0 Å². The largest absolute Gasteiger partial charge is 0.294 e. The maximum Gasteiger partial charge on any atom is 0.166 e. The Labute approximate surface area is 83.1 Å². The number of carbonyl (C=O) groups excluding carboxylic acids is 1. The third-order valence-electron chi connectivity index (χ3n) is 1.77. The van der Waals surface area contributed by atoms with Gasteiger partial charge in [0.05, 0.1) is 0 Å². The van der Waals surface area contributed by atoms with Gasteiger partial charge >= 0.3 is 0 Å². The van der Waals surface area contributed by atoms with E-state index >= 15 is 0 Å². The van der Waals surface area contributed by atoms with Crippen LogP contribution in [0.3, 0.4) is 0 Å². The lowest BCUT2D eigenvalue weighted by Crippen LogP contribution is -2.07. The van der Waals surface area contributed by atoms with Crippen molar-refractivity contribution in [3.63, 3.8) is 0 Å². The highest BCUT2D eigenvalue weighted by Gasteiger charge is 2.09. The lowest BCUT2D eigenvalue weighted by Gasteiger charge is -2.04. The molecule has 1 heterocycles. The van der Waals surface area contributed by atoms with Crippen LogP contribution < -0.4 is 5.43 Å². The van der Waals surface area contributed by atoms with Crippen molar-refractivity contribution in [2.24, 2.45) is 11.0 Å². The van der Waals surface area contributed by atoms with E-state index in [1.807, 2.05) is 13.8 Å². The predicted octanol–water partition coefficient (Wildman–Crippen LogP) is 1.95. The molecule has 1 N–H and O–H groups in total.